The van der Waals surface area contributed by atoms with Gasteiger partial charge in [0.2, 0.25) is 0 Å². The van der Waals surface area contributed by atoms with Crippen LogP contribution in [0.25, 0.3) is 10.9 Å². The SMILES string of the molecule is CCNC(=NCCCN1CC(C)OC(C)C1)NCCc1c[nH]c2ccc(F)cc12. The molecule has 7 heteroatoms. The Morgan fingerprint density at radius 3 is 2.83 bits per heavy atom. The average Bonchev–Trinajstić information content (AvgIpc) is 3.06. The molecule has 3 N–H and O–H groups in total. The number of H-pyrrole nitrogens is 1. The van der Waals surface area contributed by atoms with Gasteiger partial charge in [-0.25, -0.2) is 4.39 Å². The third-order valence-electron chi connectivity index (χ3n) is 5.16. The normalized spacial score (nSPS) is 20.9. The number of halogens is 1. The summed E-state index contributed by atoms with van der Waals surface area (Å²) in [5, 5.41) is 7.63. The molecule has 0 bridgehead atoms. The first-order chi connectivity index (χ1) is 14.0. The highest BCUT2D eigenvalue weighted by molar-refractivity contribution is 5.83. The van der Waals surface area contributed by atoms with Crippen LogP contribution in [0.2, 0.25) is 0 Å². The van der Waals surface area contributed by atoms with E-state index in [4.69, 9.17) is 9.73 Å². The van der Waals surface area contributed by atoms with Crippen LogP contribution in [-0.4, -0.2) is 67.3 Å². The summed E-state index contributed by atoms with van der Waals surface area (Å²) in [5.74, 6) is 0.632. The second-order valence-electron chi connectivity index (χ2n) is 7.81. The number of guanidine groups is 1. The van der Waals surface area contributed by atoms with Gasteiger partial charge in [-0.2, -0.15) is 0 Å². The van der Waals surface area contributed by atoms with Gasteiger partial charge in [-0.1, -0.05) is 0 Å². The molecule has 1 fully saturated rings. The van der Waals surface area contributed by atoms with Crippen molar-refractivity contribution in [1.82, 2.24) is 20.5 Å². The maximum Gasteiger partial charge on any atom is 0.191 e. The number of hydrogen-bond acceptors (Lipinski definition) is 3. The molecule has 1 aromatic carbocycles. The van der Waals surface area contributed by atoms with E-state index >= 15 is 0 Å². The number of aliphatic imine (C=N–C) groups is 1. The Morgan fingerprint density at radius 1 is 1.28 bits per heavy atom. The van der Waals surface area contributed by atoms with E-state index in [0.717, 1.165) is 74.5 Å². The largest absolute Gasteiger partial charge is 0.373 e. The summed E-state index contributed by atoms with van der Waals surface area (Å²) in [6.07, 6.45) is 4.40. The number of nitrogens with zero attached hydrogens (tertiary/aromatic N) is 2. The number of aromatic amines is 1. The molecule has 3 rings (SSSR count). The van der Waals surface area contributed by atoms with Crippen LogP contribution in [0.3, 0.4) is 0 Å². The van der Waals surface area contributed by atoms with Gasteiger partial charge in [-0.3, -0.25) is 9.89 Å². The molecule has 0 spiro atoms. The topological polar surface area (TPSA) is 64.7 Å². The Labute approximate surface area is 172 Å². The van der Waals surface area contributed by atoms with Crippen LogP contribution in [0.1, 0.15) is 32.8 Å². The summed E-state index contributed by atoms with van der Waals surface area (Å²) in [6, 6.07) is 4.85. The van der Waals surface area contributed by atoms with Crippen LogP contribution >= 0.6 is 0 Å². The first kappa shape index (κ1) is 21.6. The van der Waals surface area contributed by atoms with Gasteiger partial charge in [0.1, 0.15) is 5.82 Å². The molecule has 29 heavy (non-hydrogen) atoms. The molecule has 2 heterocycles. The zero-order valence-corrected chi connectivity index (χ0v) is 17.8. The molecule has 6 nitrogen and oxygen atoms in total. The molecule has 1 aliphatic heterocycles. The molecule has 2 unspecified atom stereocenters. The highest BCUT2D eigenvalue weighted by Gasteiger charge is 2.21. The lowest BCUT2D eigenvalue weighted by molar-refractivity contribution is -0.0679. The Hall–Kier alpha value is -2.12. The zero-order valence-electron chi connectivity index (χ0n) is 17.8. The van der Waals surface area contributed by atoms with Crippen LogP contribution < -0.4 is 10.6 Å². The summed E-state index contributed by atoms with van der Waals surface area (Å²) in [6.45, 7) is 11.7. The second-order valence-corrected chi connectivity index (χ2v) is 7.81. The Morgan fingerprint density at radius 2 is 2.07 bits per heavy atom. The Balaban J connectivity index is 1.44. The van der Waals surface area contributed by atoms with Gasteiger partial charge in [0.15, 0.2) is 5.96 Å². The number of rotatable bonds is 8. The van der Waals surface area contributed by atoms with Crippen LogP contribution in [0, 0.1) is 5.82 Å². The zero-order chi connectivity index (χ0) is 20.6. The van der Waals surface area contributed by atoms with Gasteiger partial charge in [-0.05, 0) is 57.4 Å². The van der Waals surface area contributed by atoms with E-state index in [2.05, 4.69) is 41.3 Å². The molecule has 0 radical (unpaired) electrons. The van der Waals surface area contributed by atoms with Crippen LogP contribution in [0.15, 0.2) is 29.4 Å². The number of hydrogen-bond donors (Lipinski definition) is 3. The summed E-state index contributed by atoms with van der Waals surface area (Å²) in [7, 11) is 0. The Bertz CT molecular complexity index is 796. The maximum atomic E-state index is 13.5. The van der Waals surface area contributed by atoms with Crippen molar-refractivity contribution in [2.45, 2.75) is 45.8 Å². The fourth-order valence-corrected chi connectivity index (χ4v) is 3.97. The Kier molecular flexibility index (Phi) is 7.89. The quantitative estimate of drug-likeness (QED) is 0.360. The van der Waals surface area contributed by atoms with E-state index in [1.165, 1.54) is 6.07 Å². The van der Waals surface area contributed by atoms with E-state index in [1.54, 1.807) is 12.1 Å². The van der Waals surface area contributed by atoms with Gasteiger partial charge >= 0.3 is 0 Å². The summed E-state index contributed by atoms with van der Waals surface area (Å²) in [5.41, 5.74) is 2.08. The molecule has 1 saturated heterocycles. The van der Waals surface area contributed by atoms with E-state index in [-0.39, 0.29) is 5.82 Å². The predicted octanol–water partition coefficient (Wildman–Crippen LogP) is 2.90. The van der Waals surface area contributed by atoms with Gasteiger partial charge in [-0.15, -0.1) is 0 Å². The van der Waals surface area contributed by atoms with Crippen molar-refractivity contribution >= 4 is 16.9 Å². The summed E-state index contributed by atoms with van der Waals surface area (Å²) < 4.78 is 19.3. The summed E-state index contributed by atoms with van der Waals surface area (Å²) in [4.78, 5) is 10.4. The summed E-state index contributed by atoms with van der Waals surface area (Å²) >= 11 is 0. The van der Waals surface area contributed by atoms with Crippen molar-refractivity contribution in [1.29, 1.82) is 0 Å². The highest BCUT2D eigenvalue weighted by Crippen LogP contribution is 2.19. The lowest BCUT2D eigenvalue weighted by Crippen LogP contribution is -2.45. The van der Waals surface area contributed by atoms with Gasteiger partial charge < -0.3 is 20.4 Å². The van der Waals surface area contributed by atoms with E-state index in [9.17, 15) is 4.39 Å². The molecular weight excluding hydrogens is 369 g/mol. The van der Waals surface area contributed by atoms with Gasteiger partial charge in [0, 0.05) is 56.4 Å². The van der Waals surface area contributed by atoms with Crippen LogP contribution in [0.4, 0.5) is 4.39 Å². The first-order valence-electron chi connectivity index (χ1n) is 10.7. The van der Waals surface area contributed by atoms with Crippen molar-refractivity contribution < 1.29 is 9.13 Å². The number of nitrogens with one attached hydrogen (secondary N) is 3. The molecule has 0 saturated carbocycles. The lowest BCUT2D eigenvalue weighted by atomic mass is 10.1. The minimum Gasteiger partial charge on any atom is -0.373 e. The molecule has 1 aromatic heterocycles. The smallest absolute Gasteiger partial charge is 0.191 e. The van der Waals surface area contributed by atoms with Crippen molar-refractivity contribution in [2.24, 2.45) is 4.99 Å². The third-order valence-corrected chi connectivity index (χ3v) is 5.16. The number of aromatic nitrogens is 1. The van der Waals surface area contributed by atoms with Crippen molar-refractivity contribution in [3.05, 3.63) is 35.8 Å². The van der Waals surface area contributed by atoms with Crippen molar-refractivity contribution in [3.63, 3.8) is 0 Å². The molecule has 0 aliphatic carbocycles. The minimum absolute atomic E-state index is 0.203. The molecule has 0 amide bonds. The van der Waals surface area contributed by atoms with E-state index in [0.29, 0.717) is 12.2 Å². The number of ether oxygens (including phenoxy) is 1. The fraction of sp³-hybridized carbons (Fsp3) is 0.591. The number of morpholine rings is 1. The first-order valence-corrected chi connectivity index (χ1v) is 10.7. The van der Waals surface area contributed by atoms with E-state index in [1.807, 2.05) is 6.20 Å². The molecule has 2 aromatic rings. The maximum absolute atomic E-state index is 13.5. The minimum atomic E-state index is -0.203. The standard InChI is InChI=1S/C22H34FN5O/c1-4-24-22(25-9-5-11-28-14-16(2)29-17(3)15-28)26-10-8-18-13-27-21-7-6-19(23)12-20(18)21/h6-7,12-13,16-17,27H,4-5,8-11,14-15H2,1-3H3,(H2,24,25,26). The molecule has 2 atom stereocenters. The number of fused-ring (bicyclic) bond motifs is 1. The lowest BCUT2D eigenvalue weighted by Gasteiger charge is -2.35. The number of benzene rings is 1. The van der Waals surface area contributed by atoms with Crippen LogP contribution in [-0.2, 0) is 11.2 Å². The van der Waals surface area contributed by atoms with Crippen molar-refractivity contribution in [2.75, 3.05) is 39.3 Å². The third kappa shape index (κ3) is 6.44. The molecule has 1 aliphatic rings. The van der Waals surface area contributed by atoms with Gasteiger partial charge in [0.05, 0.1) is 12.2 Å². The average molecular weight is 404 g/mol. The fourth-order valence-electron chi connectivity index (χ4n) is 3.97. The van der Waals surface area contributed by atoms with Crippen molar-refractivity contribution in [3.8, 4) is 0 Å². The monoisotopic (exact) mass is 403 g/mol. The van der Waals surface area contributed by atoms with Gasteiger partial charge in [0.25, 0.3) is 0 Å². The highest BCUT2D eigenvalue weighted by atomic mass is 19.1. The van der Waals surface area contributed by atoms with Crippen LogP contribution in [0.5, 0.6) is 0 Å². The predicted molar refractivity (Wildman–Crippen MR) is 117 cm³/mol. The van der Waals surface area contributed by atoms with E-state index < -0.39 is 0 Å². The molecular formula is C22H34FN5O. The second kappa shape index (κ2) is 10.6. The molecule has 160 valence electrons.